The van der Waals surface area contributed by atoms with E-state index < -0.39 is 34.3 Å². The molecule has 0 spiro atoms. The number of benzene rings is 3. The Morgan fingerprint density at radius 2 is 1.58 bits per heavy atom. The van der Waals surface area contributed by atoms with Crippen LogP contribution in [0.15, 0.2) is 83.8 Å². The number of sulfonamides is 1. The molecule has 0 atom stereocenters. The number of hydrogen-bond acceptors (Lipinski definition) is 4. The summed E-state index contributed by atoms with van der Waals surface area (Å²) in [5.41, 5.74) is -0.759. The molecule has 0 saturated carbocycles. The highest BCUT2D eigenvalue weighted by atomic mass is 32.2. The summed E-state index contributed by atoms with van der Waals surface area (Å²) < 4.78 is 71.1. The van der Waals surface area contributed by atoms with Crippen molar-refractivity contribution < 1.29 is 31.1 Å². The maximum atomic E-state index is 13.1. The van der Waals surface area contributed by atoms with Crippen molar-refractivity contribution in [2.75, 3.05) is 11.4 Å². The molecule has 0 radical (unpaired) electrons. The third kappa shape index (κ3) is 5.05. The van der Waals surface area contributed by atoms with Gasteiger partial charge in [-0.05, 0) is 36.4 Å². The molecule has 5 nitrogen and oxygen atoms in total. The normalized spacial score (nSPS) is 11.7. The van der Waals surface area contributed by atoms with Crippen molar-refractivity contribution in [3.63, 3.8) is 0 Å². The maximum absolute atomic E-state index is 13.1. The Morgan fingerprint density at radius 1 is 0.935 bits per heavy atom. The molecule has 0 heterocycles. The number of carbonyl (C=O) groups is 1. The summed E-state index contributed by atoms with van der Waals surface area (Å²) >= 11 is 0. The molecule has 0 saturated heterocycles. The van der Waals surface area contributed by atoms with Crippen LogP contribution in [0.2, 0.25) is 0 Å². The quantitative estimate of drug-likeness (QED) is 0.503. The molecule has 0 aliphatic carbocycles. The number of anilines is 1. The first-order valence-corrected chi connectivity index (χ1v) is 10.5. The Bertz CT molecular complexity index is 1180. The highest BCUT2D eigenvalue weighted by Gasteiger charge is 2.33. The molecule has 0 amide bonds. The van der Waals surface area contributed by atoms with Gasteiger partial charge in [-0.15, -0.1) is 0 Å². The van der Waals surface area contributed by atoms with Crippen LogP contribution in [-0.4, -0.2) is 21.4 Å². The van der Waals surface area contributed by atoms with Gasteiger partial charge in [-0.3, -0.25) is 4.31 Å². The number of nitrogens with zero attached hydrogens (tertiary/aromatic N) is 1. The molecule has 0 fully saturated rings. The van der Waals surface area contributed by atoms with Gasteiger partial charge in [0.1, 0.15) is 6.61 Å². The number of hydrogen-bond donors (Lipinski definition) is 0. The fourth-order valence-electron chi connectivity index (χ4n) is 2.87. The molecule has 0 N–H and O–H groups in total. The Balaban J connectivity index is 1.80. The van der Waals surface area contributed by atoms with E-state index in [1.165, 1.54) is 43.4 Å². The van der Waals surface area contributed by atoms with Crippen molar-refractivity contribution >= 4 is 21.7 Å². The summed E-state index contributed by atoms with van der Waals surface area (Å²) in [6.45, 7) is -0.602. The number of ether oxygens (including phenoxy) is 1. The number of alkyl halides is 3. The third-order valence-electron chi connectivity index (χ3n) is 4.53. The molecule has 0 bridgehead atoms. The van der Waals surface area contributed by atoms with Crippen molar-refractivity contribution in [3.05, 3.63) is 95.6 Å². The fraction of sp³-hybridized carbons (Fsp3) is 0.136. The van der Waals surface area contributed by atoms with Crippen LogP contribution in [0.1, 0.15) is 21.5 Å². The molecule has 3 rings (SSSR count). The zero-order chi connectivity index (χ0) is 22.6. The van der Waals surface area contributed by atoms with E-state index >= 15 is 0 Å². The monoisotopic (exact) mass is 449 g/mol. The Hall–Kier alpha value is -3.33. The molecular weight excluding hydrogens is 431 g/mol. The Labute approximate surface area is 177 Å². The van der Waals surface area contributed by atoms with E-state index in [-0.39, 0.29) is 16.0 Å². The van der Waals surface area contributed by atoms with E-state index in [0.717, 1.165) is 16.4 Å². The minimum Gasteiger partial charge on any atom is -0.457 e. The number of esters is 1. The van der Waals surface area contributed by atoms with E-state index in [4.69, 9.17) is 4.74 Å². The zero-order valence-corrected chi connectivity index (χ0v) is 17.2. The molecule has 0 aliphatic rings. The molecular formula is C22H18F3NO4S. The van der Waals surface area contributed by atoms with Crippen molar-refractivity contribution in [2.24, 2.45) is 0 Å². The summed E-state index contributed by atoms with van der Waals surface area (Å²) in [4.78, 5) is 12.2. The van der Waals surface area contributed by atoms with E-state index in [1.54, 1.807) is 30.3 Å². The van der Waals surface area contributed by atoms with Crippen LogP contribution in [-0.2, 0) is 27.5 Å². The van der Waals surface area contributed by atoms with Gasteiger partial charge in [-0.2, -0.15) is 13.2 Å². The summed E-state index contributed by atoms with van der Waals surface area (Å²) in [7, 11) is -2.59. The lowest BCUT2D eigenvalue weighted by Gasteiger charge is -2.19. The number of carbonyl (C=O) groups excluding carboxylic acids is 1. The second-order valence-corrected chi connectivity index (χ2v) is 8.54. The van der Waals surface area contributed by atoms with E-state index in [0.29, 0.717) is 5.69 Å². The first kappa shape index (κ1) is 22.4. The van der Waals surface area contributed by atoms with E-state index in [2.05, 4.69) is 0 Å². The second kappa shape index (κ2) is 8.81. The van der Waals surface area contributed by atoms with Gasteiger partial charge in [0.15, 0.2) is 0 Å². The van der Waals surface area contributed by atoms with Crippen LogP contribution in [0.25, 0.3) is 0 Å². The smallest absolute Gasteiger partial charge is 0.416 e. The van der Waals surface area contributed by atoms with Gasteiger partial charge in [0.05, 0.1) is 21.7 Å². The van der Waals surface area contributed by atoms with Crippen molar-refractivity contribution in [2.45, 2.75) is 17.7 Å². The third-order valence-corrected chi connectivity index (χ3v) is 6.31. The average molecular weight is 449 g/mol. The van der Waals surface area contributed by atoms with Gasteiger partial charge in [-0.25, -0.2) is 13.2 Å². The lowest BCUT2D eigenvalue weighted by molar-refractivity contribution is -0.138. The summed E-state index contributed by atoms with van der Waals surface area (Å²) in [6.07, 6.45) is -4.58. The van der Waals surface area contributed by atoms with Gasteiger partial charge in [0.2, 0.25) is 0 Å². The lowest BCUT2D eigenvalue weighted by atomic mass is 10.1. The molecule has 0 unspecified atom stereocenters. The lowest BCUT2D eigenvalue weighted by Crippen LogP contribution is -2.26. The van der Waals surface area contributed by atoms with Crippen LogP contribution in [0, 0.1) is 0 Å². The van der Waals surface area contributed by atoms with Crippen LogP contribution in [0.3, 0.4) is 0 Å². The highest BCUT2D eigenvalue weighted by molar-refractivity contribution is 7.92. The Kier molecular flexibility index (Phi) is 6.35. The molecule has 0 aromatic heterocycles. The van der Waals surface area contributed by atoms with Gasteiger partial charge < -0.3 is 4.74 Å². The first-order valence-electron chi connectivity index (χ1n) is 9.07. The van der Waals surface area contributed by atoms with Gasteiger partial charge >= 0.3 is 12.1 Å². The van der Waals surface area contributed by atoms with Crippen molar-refractivity contribution in [1.29, 1.82) is 0 Å². The molecule has 162 valence electrons. The first-order chi connectivity index (χ1) is 14.6. The van der Waals surface area contributed by atoms with Crippen LogP contribution in [0.4, 0.5) is 18.9 Å². The molecule has 0 aliphatic heterocycles. The average Bonchev–Trinajstić information content (AvgIpc) is 2.77. The topological polar surface area (TPSA) is 63.7 Å². The standard InChI is InChI=1S/C22H18F3NO4S/c1-26(18-10-3-2-4-11-18)31(28,29)19-12-7-9-16(14-19)21(27)30-15-17-8-5-6-13-20(17)22(23,24)25/h2-14H,15H2,1H3. The SMILES string of the molecule is CN(c1ccccc1)S(=O)(=O)c1cccc(C(=O)OCc2ccccc2C(F)(F)F)c1. The number of rotatable bonds is 6. The molecule has 9 heteroatoms. The minimum atomic E-state index is -4.58. The van der Waals surface area contributed by atoms with E-state index in [9.17, 15) is 26.4 Å². The fourth-order valence-corrected chi connectivity index (χ4v) is 4.11. The highest BCUT2D eigenvalue weighted by Crippen LogP contribution is 2.32. The van der Waals surface area contributed by atoms with Crippen LogP contribution >= 0.6 is 0 Å². The molecule has 31 heavy (non-hydrogen) atoms. The van der Waals surface area contributed by atoms with Gasteiger partial charge in [0.25, 0.3) is 10.0 Å². The second-order valence-electron chi connectivity index (χ2n) is 6.57. The Morgan fingerprint density at radius 3 is 2.26 bits per heavy atom. The zero-order valence-electron chi connectivity index (χ0n) is 16.3. The minimum absolute atomic E-state index is 0.0907. The van der Waals surface area contributed by atoms with E-state index in [1.807, 2.05) is 0 Å². The van der Waals surface area contributed by atoms with Crippen LogP contribution in [0.5, 0.6) is 0 Å². The largest absolute Gasteiger partial charge is 0.457 e. The predicted molar refractivity (Wildman–Crippen MR) is 109 cm³/mol. The maximum Gasteiger partial charge on any atom is 0.416 e. The number of para-hydroxylation sites is 1. The summed E-state index contributed by atoms with van der Waals surface area (Å²) in [5, 5.41) is 0. The number of halogens is 3. The molecule has 3 aromatic carbocycles. The van der Waals surface area contributed by atoms with Gasteiger partial charge in [0, 0.05) is 12.6 Å². The van der Waals surface area contributed by atoms with Crippen molar-refractivity contribution in [3.8, 4) is 0 Å². The summed E-state index contributed by atoms with van der Waals surface area (Å²) in [6, 6.07) is 18.3. The summed E-state index contributed by atoms with van der Waals surface area (Å²) in [5.74, 6) is -0.934. The van der Waals surface area contributed by atoms with Gasteiger partial charge in [-0.1, -0.05) is 42.5 Å². The van der Waals surface area contributed by atoms with Crippen molar-refractivity contribution in [1.82, 2.24) is 0 Å². The predicted octanol–water partition coefficient (Wildman–Crippen LogP) is 4.89. The molecule has 3 aromatic rings. The van der Waals surface area contributed by atoms with Crippen LogP contribution < -0.4 is 4.31 Å².